The average Bonchev–Trinajstić information content (AvgIpc) is 2.56. The van der Waals surface area contributed by atoms with Crippen LogP contribution < -0.4 is 10.6 Å². The zero-order valence-electron chi connectivity index (χ0n) is 14.6. The molecule has 0 aliphatic carbocycles. The van der Waals surface area contributed by atoms with Crippen molar-refractivity contribution in [3.8, 4) is 5.75 Å². The van der Waals surface area contributed by atoms with E-state index in [1.165, 1.54) is 0 Å². The van der Waals surface area contributed by atoms with E-state index in [9.17, 15) is 9.90 Å². The van der Waals surface area contributed by atoms with Gasteiger partial charge in [0.2, 0.25) is 0 Å². The topological polar surface area (TPSA) is 37.3 Å². The molecule has 0 heterocycles. The van der Waals surface area contributed by atoms with Crippen molar-refractivity contribution in [2.75, 3.05) is 0 Å². The fourth-order valence-electron chi connectivity index (χ4n) is 3.18. The summed E-state index contributed by atoms with van der Waals surface area (Å²) in [6, 6.07) is 19.4. The molecule has 1 unspecified atom stereocenters. The largest absolute Gasteiger partial charge is 0.507 e. The van der Waals surface area contributed by atoms with Crippen LogP contribution >= 0.6 is 8.58 Å². The summed E-state index contributed by atoms with van der Waals surface area (Å²) >= 11 is 0. The number of carbonyl (C=O) groups excluding carboxylic acids is 1. The normalized spacial score (nSPS) is 11.2. The summed E-state index contributed by atoms with van der Waals surface area (Å²) in [5.41, 5.74) is 4.07. The Morgan fingerprint density at radius 2 is 1.52 bits per heavy atom. The van der Waals surface area contributed by atoms with Crippen molar-refractivity contribution in [3.63, 3.8) is 0 Å². The van der Waals surface area contributed by atoms with Crippen LogP contribution in [-0.4, -0.2) is 10.9 Å². The number of benzene rings is 3. The van der Waals surface area contributed by atoms with Crippen molar-refractivity contribution in [2.24, 2.45) is 0 Å². The molecule has 3 aromatic carbocycles. The first kappa shape index (κ1) is 17.4. The molecule has 2 nitrogen and oxygen atoms in total. The molecule has 0 saturated carbocycles. The molecular weight excluding hydrogens is 327 g/mol. The SMILES string of the molecule is Cc1cc(C)c(C(=O)c2cccc(Pc3ccccc3)c2O)c(C)c1. The lowest BCUT2D eigenvalue weighted by atomic mass is 9.93. The van der Waals surface area contributed by atoms with Gasteiger partial charge in [-0.05, 0) is 43.3 Å². The van der Waals surface area contributed by atoms with Gasteiger partial charge < -0.3 is 5.11 Å². The lowest BCUT2D eigenvalue weighted by molar-refractivity contribution is 0.103. The van der Waals surface area contributed by atoms with Crippen molar-refractivity contribution in [1.29, 1.82) is 0 Å². The molecule has 0 spiro atoms. The lowest BCUT2D eigenvalue weighted by Gasteiger charge is -2.13. The van der Waals surface area contributed by atoms with Gasteiger partial charge in [0.05, 0.1) is 5.56 Å². The van der Waals surface area contributed by atoms with Crippen LogP contribution in [0.5, 0.6) is 5.75 Å². The first-order valence-electron chi connectivity index (χ1n) is 8.24. The van der Waals surface area contributed by atoms with Gasteiger partial charge in [-0.15, -0.1) is 0 Å². The zero-order chi connectivity index (χ0) is 18.0. The van der Waals surface area contributed by atoms with E-state index in [-0.39, 0.29) is 11.5 Å². The Morgan fingerprint density at radius 3 is 2.16 bits per heavy atom. The molecule has 0 amide bonds. The van der Waals surface area contributed by atoms with Gasteiger partial charge in [0.1, 0.15) is 5.75 Å². The van der Waals surface area contributed by atoms with Gasteiger partial charge in [-0.25, -0.2) is 0 Å². The van der Waals surface area contributed by atoms with Gasteiger partial charge in [-0.2, -0.15) is 0 Å². The first-order chi connectivity index (χ1) is 12.0. The van der Waals surface area contributed by atoms with E-state index in [2.05, 4.69) is 0 Å². The van der Waals surface area contributed by atoms with Gasteiger partial charge in [0, 0.05) is 10.9 Å². The van der Waals surface area contributed by atoms with E-state index in [1.54, 1.807) is 6.07 Å². The highest BCUT2D eigenvalue weighted by Crippen LogP contribution is 2.27. The van der Waals surface area contributed by atoms with Gasteiger partial charge in [0.25, 0.3) is 0 Å². The summed E-state index contributed by atoms with van der Waals surface area (Å²) in [4.78, 5) is 13.1. The molecule has 0 saturated heterocycles. The molecule has 1 N–H and O–H groups in total. The number of ketones is 1. The molecule has 0 bridgehead atoms. The molecule has 3 aromatic rings. The Kier molecular flexibility index (Phi) is 5.01. The smallest absolute Gasteiger partial charge is 0.197 e. The standard InChI is InChI=1S/C22H21O2P/c1-14-12-15(2)20(16(3)13-14)22(24)18-10-7-11-19(21(18)23)25-17-8-5-4-6-9-17/h4-13,23,25H,1-3H3. The molecule has 0 fully saturated rings. The number of phenolic OH excluding ortho intramolecular Hbond substituents is 1. The zero-order valence-corrected chi connectivity index (χ0v) is 15.6. The Labute approximate surface area is 150 Å². The van der Waals surface area contributed by atoms with Crippen LogP contribution in [0.2, 0.25) is 0 Å². The van der Waals surface area contributed by atoms with Crippen LogP contribution in [0.3, 0.4) is 0 Å². The van der Waals surface area contributed by atoms with Crippen molar-refractivity contribution in [1.82, 2.24) is 0 Å². The molecule has 0 aliphatic heterocycles. The van der Waals surface area contributed by atoms with Gasteiger partial charge >= 0.3 is 0 Å². The molecule has 25 heavy (non-hydrogen) atoms. The number of para-hydroxylation sites is 1. The predicted molar refractivity (Wildman–Crippen MR) is 106 cm³/mol. The van der Waals surface area contributed by atoms with E-state index >= 15 is 0 Å². The van der Waals surface area contributed by atoms with Crippen molar-refractivity contribution >= 4 is 25.0 Å². The number of aryl methyl sites for hydroxylation is 3. The van der Waals surface area contributed by atoms with E-state index in [0.29, 0.717) is 19.7 Å². The predicted octanol–water partition coefficient (Wildman–Crippen LogP) is 4.18. The second kappa shape index (κ2) is 7.21. The summed E-state index contributed by atoms with van der Waals surface area (Å²) in [5.74, 6) is -0.0266. The molecule has 0 aliphatic rings. The van der Waals surface area contributed by atoms with Crippen LogP contribution in [-0.2, 0) is 0 Å². The number of hydrogen-bond acceptors (Lipinski definition) is 2. The minimum Gasteiger partial charge on any atom is -0.507 e. The molecule has 3 heteroatoms. The summed E-state index contributed by atoms with van der Waals surface area (Å²) in [6.45, 7) is 5.91. The third-order valence-electron chi connectivity index (χ3n) is 4.24. The number of carbonyl (C=O) groups is 1. The summed E-state index contributed by atoms with van der Waals surface area (Å²) in [6.07, 6.45) is 0. The van der Waals surface area contributed by atoms with Crippen molar-refractivity contribution in [2.45, 2.75) is 20.8 Å². The maximum absolute atomic E-state index is 13.1. The Bertz CT molecular complexity index is 907. The van der Waals surface area contributed by atoms with Crippen LogP contribution in [0.1, 0.15) is 32.6 Å². The van der Waals surface area contributed by atoms with E-state index < -0.39 is 0 Å². The third-order valence-corrected chi connectivity index (χ3v) is 5.53. The van der Waals surface area contributed by atoms with Gasteiger partial charge in [-0.1, -0.05) is 68.7 Å². The minimum atomic E-state index is -0.118. The van der Waals surface area contributed by atoms with E-state index in [1.807, 2.05) is 75.4 Å². The number of aromatic hydroxyl groups is 1. The van der Waals surface area contributed by atoms with Crippen LogP contribution in [0.4, 0.5) is 0 Å². The summed E-state index contributed by atoms with van der Waals surface area (Å²) < 4.78 is 0. The van der Waals surface area contributed by atoms with E-state index in [4.69, 9.17) is 0 Å². The molecule has 0 radical (unpaired) electrons. The summed E-state index contributed by atoms with van der Waals surface area (Å²) in [7, 11) is 0.313. The Balaban J connectivity index is 2.01. The Morgan fingerprint density at radius 1 is 0.880 bits per heavy atom. The highest BCUT2D eigenvalue weighted by molar-refractivity contribution is 7.55. The number of phenols is 1. The first-order valence-corrected chi connectivity index (χ1v) is 9.24. The highest BCUT2D eigenvalue weighted by atomic mass is 31.1. The second-order valence-electron chi connectivity index (χ2n) is 6.30. The average molecular weight is 348 g/mol. The van der Waals surface area contributed by atoms with Gasteiger partial charge in [0.15, 0.2) is 5.78 Å². The molecule has 1 atom stereocenters. The second-order valence-corrected chi connectivity index (χ2v) is 7.66. The van der Waals surface area contributed by atoms with Gasteiger partial charge in [-0.3, -0.25) is 4.79 Å². The summed E-state index contributed by atoms with van der Waals surface area (Å²) in [5, 5.41) is 12.6. The quantitative estimate of drug-likeness (QED) is 0.567. The maximum Gasteiger partial charge on any atom is 0.197 e. The molecule has 0 aromatic heterocycles. The van der Waals surface area contributed by atoms with Crippen LogP contribution in [0, 0.1) is 20.8 Å². The van der Waals surface area contributed by atoms with E-state index in [0.717, 1.165) is 27.3 Å². The molecule has 3 rings (SSSR count). The molecule has 126 valence electrons. The van der Waals surface area contributed by atoms with Crippen molar-refractivity contribution in [3.05, 3.63) is 88.5 Å². The van der Waals surface area contributed by atoms with Crippen molar-refractivity contribution < 1.29 is 9.90 Å². The highest BCUT2D eigenvalue weighted by Gasteiger charge is 2.19. The monoisotopic (exact) mass is 348 g/mol. The fourth-order valence-corrected chi connectivity index (χ4v) is 4.28. The third kappa shape index (κ3) is 3.65. The maximum atomic E-state index is 13.1. The fraction of sp³-hybridized carbons (Fsp3) is 0.136. The molecular formula is C22H21O2P. The number of rotatable bonds is 4. The lowest BCUT2D eigenvalue weighted by Crippen LogP contribution is -2.11. The van der Waals surface area contributed by atoms with Crippen LogP contribution in [0.25, 0.3) is 0 Å². The minimum absolute atomic E-state index is 0.0917. The number of hydrogen-bond donors (Lipinski definition) is 1. The Hall–Kier alpha value is -2.44. The van der Waals surface area contributed by atoms with Crippen LogP contribution in [0.15, 0.2) is 60.7 Å².